The maximum absolute atomic E-state index is 9.64. The lowest BCUT2D eigenvalue weighted by atomic mass is 10.0. The lowest BCUT2D eigenvalue weighted by Crippen LogP contribution is -2.30. The number of ether oxygens (including phenoxy) is 1. The van der Waals surface area contributed by atoms with Gasteiger partial charge in [0, 0.05) is 13.0 Å². The summed E-state index contributed by atoms with van der Waals surface area (Å²) in [6, 6.07) is 0. The minimum absolute atomic E-state index is 0.234. The summed E-state index contributed by atoms with van der Waals surface area (Å²) in [5.74, 6) is 0. The number of rotatable bonds is 19. The minimum atomic E-state index is -0.513. The SMILES string of the molecule is CCCCCCCCCCCCCCCCOC(CC(C)O)C(C)O. The molecule has 2 N–H and O–H groups in total. The molecule has 0 saturated carbocycles. The fourth-order valence-electron chi connectivity index (χ4n) is 3.27. The maximum atomic E-state index is 9.64. The van der Waals surface area contributed by atoms with E-state index < -0.39 is 12.2 Å². The second kappa shape index (κ2) is 18.7. The highest BCUT2D eigenvalue weighted by Gasteiger charge is 2.17. The van der Waals surface area contributed by atoms with Gasteiger partial charge in [0.1, 0.15) is 0 Å². The van der Waals surface area contributed by atoms with Crippen molar-refractivity contribution in [1.82, 2.24) is 0 Å². The van der Waals surface area contributed by atoms with Gasteiger partial charge in [0.2, 0.25) is 0 Å². The van der Waals surface area contributed by atoms with Gasteiger partial charge in [-0.3, -0.25) is 0 Å². The van der Waals surface area contributed by atoms with Crippen LogP contribution in [0.5, 0.6) is 0 Å². The summed E-state index contributed by atoms with van der Waals surface area (Å²) in [5.41, 5.74) is 0. The van der Waals surface area contributed by atoms with Gasteiger partial charge in [0.05, 0.1) is 18.3 Å². The molecular weight excluding hydrogens is 312 g/mol. The van der Waals surface area contributed by atoms with Gasteiger partial charge in [-0.25, -0.2) is 0 Å². The Hall–Kier alpha value is -0.120. The fraction of sp³-hybridized carbons (Fsp3) is 1.00. The first-order chi connectivity index (χ1) is 12.1. The lowest BCUT2D eigenvalue weighted by Gasteiger charge is -2.21. The molecule has 3 unspecified atom stereocenters. The second-order valence-electron chi connectivity index (χ2n) is 7.83. The molecule has 3 atom stereocenters. The Bertz CT molecular complexity index is 254. The first-order valence-corrected chi connectivity index (χ1v) is 11.1. The molecule has 0 aliphatic heterocycles. The van der Waals surface area contributed by atoms with Crippen LogP contribution in [0.3, 0.4) is 0 Å². The molecule has 0 aromatic heterocycles. The minimum Gasteiger partial charge on any atom is -0.393 e. The third-order valence-corrected chi connectivity index (χ3v) is 4.94. The zero-order chi connectivity index (χ0) is 18.8. The Morgan fingerprint density at radius 1 is 0.640 bits per heavy atom. The van der Waals surface area contributed by atoms with Crippen LogP contribution in [0.15, 0.2) is 0 Å². The molecule has 0 aliphatic rings. The van der Waals surface area contributed by atoms with Gasteiger partial charge in [-0.05, 0) is 20.3 Å². The Morgan fingerprint density at radius 2 is 1.04 bits per heavy atom. The summed E-state index contributed by atoms with van der Waals surface area (Å²) < 4.78 is 5.71. The van der Waals surface area contributed by atoms with Crippen molar-refractivity contribution >= 4 is 0 Å². The molecular formula is C22H46O3. The van der Waals surface area contributed by atoms with E-state index in [0.717, 1.165) is 6.42 Å². The molecule has 0 bridgehead atoms. The van der Waals surface area contributed by atoms with E-state index in [1.54, 1.807) is 13.8 Å². The van der Waals surface area contributed by atoms with Crippen LogP contribution >= 0.6 is 0 Å². The molecule has 0 rings (SSSR count). The number of hydrogen-bond acceptors (Lipinski definition) is 3. The van der Waals surface area contributed by atoms with E-state index >= 15 is 0 Å². The standard InChI is InChI=1S/C22H46O3/c1-4-5-6-7-8-9-10-11-12-13-14-15-16-17-18-25-22(21(3)24)19-20(2)23/h20-24H,4-19H2,1-3H3. The molecule has 3 nitrogen and oxygen atoms in total. The van der Waals surface area contributed by atoms with Gasteiger partial charge in [0.15, 0.2) is 0 Å². The zero-order valence-corrected chi connectivity index (χ0v) is 17.3. The third-order valence-electron chi connectivity index (χ3n) is 4.94. The molecule has 0 aromatic carbocycles. The van der Waals surface area contributed by atoms with Gasteiger partial charge in [-0.1, -0.05) is 90.4 Å². The van der Waals surface area contributed by atoms with Crippen LogP contribution in [0.1, 0.15) is 117 Å². The molecule has 0 radical (unpaired) electrons. The smallest absolute Gasteiger partial charge is 0.0855 e. The van der Waals surface area contributed by atoms with E-state index in [1.807, 2.05) is 0 Å². The Labute approximate surface area is 157 Å². The topological polar surface area (TPSA) is 49.7 Å². The predicted octanol–water partition coefficient (Wildman–Crippen LogP) is 6.00. The van der Waals surface area contributed by atoms with E-state index in [-0.39, 0.29) is 6.10 Å². The maximum Gasteiger partial charge on any atom is 0.0855 e. The van der Waals surface area contributed by atoms with Crippen LogP contribution < -0.4 is 0 Å². The van der Waals surface area contributed by atoms with Crippen LogP contribution in [0.4, 0.5) is 0 Å². The highest BCUT2D eigenvalue weighted by Crippen LogP contribution is 2.14. The van der Waals surface area contributed by atoms with Crippen LogP contribution in [0, 0.1) is 0 Å². The van der Waals surface area contributed by atoms with Crippen molar-refractivity contribution < 1.29 is 14.9 Å². The molecule has 0 saturated heterocycles. The highest BCUT2D eigenvalue weighted by atomic mass is 16.5. The van der Waals surface area contributed by atoms with Crippen LogP contribution in [-0.4, -0.2) is 35.1 Å². The number of unbranched alkanes of at least 4 members (excludes halogenated alkanes) is 13. The summed E-state index contributed by atoms with van der Waals surface area (Å²) in [6.07, 6.45) is 18.3. The summed E-state index contributed by atoms with van der Waals surface area (Å²) in [6.45, 7) is 6.45. The van der Waals surface area contributed by atoms with Gasteiger partial charge in [-0.2, -0.15) is 0 Å². The summed E-state index contributed by atoms with van der Waals surface area (Å²) in [5, 5.41) is 19.0. The summed E-state index contributed by atoms with van der Waals surface area (Å²) >= 11 is 0. The van der Waals surface area contributed by atoms with Gasteiger partial charge in [0.25, 0.3) is 0 Å². The van der Waals surface area contributed by atoms with Crippen molar-refractivity contribution in [3.05, 3.63) is 0 Å². The van der Waals surface area contributed by atoms with Crippen molar-refractivity contribution in [2.24, 2.45) is 0 Å². The molecule has 152 valence electrons. The van der Waals surface area contributed by atoms with E-state index in [4.69, 9.17) is 4.74 Å². The second-order valence-corrected chi connectivity index (χ2v) is 7.83. The summed E-state index contributed by atoms with van der Waals surface area (Å²) in [7, 11) is 0. The molecule has 0 fully saturated rings. The zero-order valence-electron chi connectivity index (χ0n) is 17.3. The first kappa shape index (κ1) is 24.9. The van der Waals surface area contributed by atoms with Crippen molar-refractivity contribution in [2.75, 3.05) is 6.61 Å². The van der Waals surface area contributed by atoms with Gasteiger partial charge in [-0.15, -0.1) is 0 Å². The van der Waals surface area contributed by atoms with Gasteiger partial charge < -0.3 is 14.9 Å². The van der Waals surface area contributed by atoms with E-state index in [9.17, 15) is 10.2 Å². The Balaban J connectivity index is 3.25. The predicted molar refractivity (Wildman–Crippen MR) is 108 cm³/mol. The number of aliphatic hydroxyl groups is 2. The molecule has 0 amide bonds. The van der Waals surface area contributed by atoms with Crippen molar-refractivity contribution in [3.63, 3.8) is 0 Å². The lowest BCUT2D eigenvalue weighted by molar-refractivity contribution is -0.0516. The monoisotopic (exact) mass is 358 g/mol. The Kier molecular flexibility index (Phi) is 18.6. The number of aliphatic hydroxyl groups excluding tert-OH is 2. The molecule has 0 heterocycles. The normalized spacial score (nSPS) is 15.2. The van der Waals surface area contributed by atoms with Gasteiger partial charge >= 0.3 is 0 Å². The first-order valence-electron chi connectivity index (χ1n) is 11.1. The quantitative estimate of drug-likeness (QED) is 0.278. The largest absolute Gasteiger partial charge is 0.393 e. The molecule has 3 heteroatoms. The molecule has 0 aromatic rings. The van der Waals surface area contributed by atoms with Crippen molar-refractivity contribution in [3.8, 4) is 0 Å². The fourth-order valence-corrected chi connectivity index (χ4v) is 3.27. The van der Waals surface area contributed by atoms with Crippen molar-refractivity contribution in [1.29, 1.82) is 0 Å². The molecule has 25 heavy (non-hydrogen) atoms. The van der Waals surface area contributed by atoms with Crippen LogP contribution in [-0.2, 0) is 4.74 Å². The highest BCUT2D eigenvalue weighted by molar-refractivity contribution is 4.67. The van der Waals surface area contributed by atoms with Crippen LogP contribution in [0.2, 0.25) is 0 Å². The molecule has 0 aliphatic carbocycles. The summed E-state index contributed by atoms with van der Waals surface area (Å²) in [4.78, 5) is 0. The van der Waals surface area contributed by atoms with E-state index in [1.165, 1.54) is 83.5 Å². The molecule has 0 spiro atoms. The van der Waals surface area contributed by atoms with Crippen LogP contribution in [0.25, 0.3) is 0 Å². The average Bonchev–Trinajstić information content (AvgIpc) is 2.56. The van der Waals surface area contributed by atoms with E-state index in [2.05, 4.69) is 6.92 Å². The van der Waals surface area contributed by atoms with E-state index in [0.29, 0.717) is 13.0 Å². The van der Waals surface area contributed by atoms with Crippen molar-refractivity contribution in [2.45, 2.75) is 135 Å². The Morgan fingerprint density at radius 3 is 1.40 bits per heavy atom. The number of hydrogen-bond donors (Lipinski definition) is 2. The third kappa shape index (κ3) is 18.5. The average molecular weight is 359 g/mol.